The molecule has 0 spiro atoms. The summed E-state index contributed by atoms with van der Waals surface area (Å²) in [5.74, 6) is 0. The number of non-ortho nitro benzene ring substituents is 1. The van der Waals surface area contributed by atoms with Gasteiger partial charge in [0.05, 0.1) is 21.6 Å². The third-order valence-corrected chi connectivity index (χ3v) is 2.37. The van der Waals surface area contributed by atoms with Gasteiger partial charge in [0.1, 0.15) is 0 Å². The fourth-order valence-electron chi connectivity index (χ4n) is 1.55. The van der Waals surface area contributed by atoms with Crippen LogP contribution in [0.4, 0.5) is 17.1 Å². The van der Waals surface area contributed by atoms with Crippen LogP contribution in [-0.4, -0.2) is 4.92 Å². The molecule has 0 saturated carbocycles. The summed E-state index contributed by atoms with van der Waals surface area (Å²) >= 11 is 0. The van der Waals surface area contributed by atoms with Gasteiger partial charge in [0.15, 0.2) is 0 Å². The minimum atomic E-state index is -0.516. The van der Waals surface area contributed by atoms with Crippen LogP contribution in [0.1, 0.15) is 0 Å². The van der Waals surface area contributed by atoms with E-state index in [9.17, 15) is 15.0 Å². The van der Waals surface area contributed by atoms with Crippen LogP contribution in [0.2, 0.25) is 0 Å². The fourth-order valence-corrected chi connectivity index (χ4v) is 1.55. The van der Waals surface area contributed by atoms with Crippen molar-refractivity contribution >= 4 is 17.1 Å². The zero-order valence-corrected chi connectivity index (χ0v) is 9.26. The lowest BCUT2D eigenvalue weighted by Crippen LogP contribution is -2.07. The van der Waals surface area contributed by atoms with Crippen LogP contribution in [0, 0.1) is 15.0 Å². The van der Waals surface area contributed by atoms with Crippen molar-refractivity contribution in [2.45, 2.75) is 0 Å². The van der Waals surface area contributed by atoms with Crippen molar-refractivity contribution in [3.8, 4) is 0 Å². The van der Waals surface area contributed by atoms with Gasteiger partial charge in [-0.3, -0.25) is 10.1 Å². The first-order chi connectivity index (χ1) is 8.72. The predicted molar refractivity (Wildman–Crippen MR) is 67.5 cm³/mol. The predicted octanol–water partition coefficient (Wildman–Crippen LogP) is 3.41. The zero-order chi connectivity index (χ0) is 13.0. The van der Waals surface area contributed by atoms with Crippen LogP contribution in [0.3, 0.4) is 0 Å². The number of nitrogens with zero attached hydrogens (tertiary/aromatic N) is 3. The third kappa shape index (κ3) is 2.32. The molecule has 0 radical (unpaired) electrons. The Bertz CT molecular complexity index is 572. The van der Waals surface area contributed by atoms with Crippen molar-refractivity contribution in [1.29, 1.82) is 0 Å². The van der Waals surface area contributed by atoms with Crippen LogP contribution in [-0.2, 0) is 0 Å². The van der Waals surface area contributed by atoms with Crippen molar-refractivity contribution < 1.29 is 4.92 Å². The van der Waals surface area contributed by atoms with Gasteiger partial charge < -0.3 is 0 Å². The zero-order valence-electron chi connectivity index (χ0n) is 9.26. The summed E-state index contributed by atoms with van der Waals surface area (Å²) in [6.45, 7) is 0. The Morgan fingerprint density at radius 3 is 2.28 bits per heavy atom. The van der Waals surface area contributed by atoms with Crippen molar-refractivity contribution in [3.63, 3.8) is 0 Å². The second-order valence-electron chi connectivity index (χ2n) is 3.51. The van der Waals surface area contributed by atoms with E-state index in [0.717, 1.165) is 5.01 Å². The first-order valence-electron chi connectivity index (χ1n) is 5.15. The molecule has 0 bridgehead atoms. The SMILES string of the molecule is O=NN(c1ccccc1)c1cccc([N+](=O)[O-])c1. The molecule has 0 aliphatic heterocycles. The molecule has 0 aliphatic rings. The standard InChI is InChI=1S/C12H9N3O3/c16-13-14(10-5-2-1-3-6-10)11-7-4-8-12(9-11)15(17)18/h1-9H. The summed E-state index contributed by atoms with van der Waals surface area (Å²) in [4.78, 5) is 21.1. The van der Waals surface area contributed by atoms with E-state index in [4.69, 9.17) is 0 Å². The number of nitroso groups, excluding NO2 is 1. The van der Waals surface area contributed by atoms with Gasteiger partial charge in [0.2, 0.25) is 0 Å². The summed E-state index contributed by atoms with van der Waals surface area (Å²) in [6, 6.07) is 14.5. The van der Waals surface area contributed by atoms with Gasteiger partial charge in [-0.05, 0) is 18.2 Å². The van der Waals surface area contributed by atoms with E-state index in [1.54, 1.807) is 36.4 Å². The summed E-state index contributed by atoms with van der Waals surface area (Å²) in [5.41, 5.74) is 0.815. The molecule has 18 heavy (non-hydrogen) atoms. The molecule has 6 heteroatoms. The van der Waals surface area contributed by atoms with Crippen LogP contribution in [0.25, 0.3) is 0 Å². The van der Waals surface area contributed by atoms with Crippen LogP contribution in [0.5, 0.6) is 0 Å². The van der Waals surface area contributed by atoms with E-state index in [1.807, 2.05) is 0 Å². The summed E-state index contributed by atoms with van der Waals surface area (Å²) in [5, 5.41) is 14.7. The normalized spacial score (nSPS) is 9.78. The van der Waals surface area contributed by atoms with E-state index >= 15 is 0 Å². The Hall–Kier alpha value is -2.76. The van der Waals surface area contributed by atoms with E-state index < -0.39 is 4.92 Å². The quantitative estimate of drug-likeness (QED) is 0.468. The Morgan fingerprint density at radius 2 is 1.67 bits per heavy atom. The molecule has 0 atom stereocenters. The number of rotatable bonds is 4. The van der Waals surface area contributed by atoms with Crippen molar-refractivity contribution in [2.24, 2.45) is 5.29 Å². The van der Waals surface area contributed by atoms with Gasteiger partial charge in [0.25, 0.3) is 5.69 Å². The number of para-hydroxylation sites is 1. The first-order valence-corrected chi connectivity index (χ1v) is 5.15. The topological polar surface area (TPSA) is 75.8 Å². The maximum Gasteiger partial charge on any atom is 0.271 e. The fraction of sp³-hybridized carbons (Fsp3) is 0. The maximum atomic E-state index is 10.9. The van der Waals surface area contributed by atoms with Crippen LogP contribution < -0.4 is 5.01 Å². The molecule has 90 valence electrons. The Labute approximate surface area is 103 Å². The van der Waals surface area contributed by atoms with E-state index in [0.29, 0.717) is 11.4 Å². The smallest absolute Gasteiger partial charge is 0.258 e. The maximum absolute atomic E-state index is 10.9. The highest BCUT2D eigenvalue weighted by Gasteiger charge is 2.13. The molecule has 2 rings (SSSR count). The van der Waals surface area contributed by atoms with E-state index in [-0.39, 0.29) is 5.69 Å². The van der Waals surface area contributed by atoms with Gasteiger partial charge in [-0.25, -0.2) is 0 Å². The minimum absolute atomic E-state index is 0.0860. The lowest BCUT2D eigenvalue weighted by Gasteiger charge is -2.14. The molecular weight excluding hydrogens is 234 g/mol. The number of hydrogen-bond acceptors (Lipinski definition) is 4. The van der Waals surface area contributed by atoms with E-state index in [1.165, 1.54) is 18.2 Å². The lowest BCUT2D eigenvalue weighted by atomic mass is 10.2. The molecule has 0 heterocycles. The number of hydrogen-bond donors (Lipinski definition) is 0. The molecule has 0 saturated heterocycles. The molecule has 0 unspecified atom stereocenters. The minimum Gasteiger partial charge on any atom is -0.258 e. The summed E-state index contributed by atoms with van der Waals surface area (Å²) in [7, 11) is 0. The molecule has 6 nitrogen and oxygen atoms in total. The monoisotopic (exact) mass is 243 g/mol. The number of anilines is 2. The molecule has 2 aromatic rings. The molecule has 0 amide bonds. The third-order valence-electron chi connectivity index (χ3n) is 2.37. The number of nitro groups is 1. The van der Waals surface area contributed by atoms with Gasteiger partial charge in [0, 0.05) is 12.1 Å². The van der Waals surface area contributed by atoms with Crippen LogP contribution >= 0.6 is 0 Å². The van der Waals surface area contributed by atoms with Gasteiger partial charge in [-0.15, -0.1) is 4.91 Å². The highest BCUT2D eigenvalue weighted by molar-refractivity contribution is 5.64. The second-order valence-corrected chi connectivity index (χ2v) is 3.51. The van der Waals surface area contributed by atoms with Gasteiger partial charge in [-0.1, -0.05) is 24.3 Å². The molecule has 0 fully saturated rings. The van der Waals surface area contributed by atoms with Crippen molar-refractivity contribution in [3.05, 3.63) is 69.6 Å². The number of benzene rings is 2. The average molecular weight is 243 g/mol. The van der Waals surface area contributed by atoms with Crippen LogP contribution in [0.15, 0.2) is 59.9 Å². The average Bonchev–Trinajstić information content (AvgIpc) is 2.41. The van der Waals surface area contributed by atoms with Crippen molar-refractivity contribution in [2.75, 3.05) is 5.01 Å². The molecule has 0 aliphatic carbocycles. The second kappa shape index (κ2) is 5.05. The lowest BCUT2D eigenvalue weighted by molar-refractivity contribution is -0.384. The Kier molecular flexibility index (Phi) is 3.29. The Morgan fingerprint density at radius 1 is 1.00 bits per heavy atom. The first kappa shape index (κ1) is 11.7. The van der Waals surface area contributed by atoms with Gasteiger partial charge >= 0.3 is 0 Å². The highest BCUT2D eigenvalue weighted by Crippen LogP contribution is 2.28. The summed E-state index contributed by atoms with van der Waals surface area (Å²) < 4.78 is 0. The molecule has 0 aromatic heterocycles. The van der Waals surface area contributed by atoms with Crippen molar-refractivity contribution in [1.82, 2.24) is 0 Å². The molecule has 2 aromatic carbocycles. The highest BCUT2D eigenvalue weighted by atomic mass is 16.6. The molecular formula is C12H9N3O3. The molecule has 0 N–H and O–H groups in total. The van der Waals surface area contributed by atoms with Gasteiger partial charge in [-0.2, -0.15) is 5.01 Å². The largest absolute Gasteiger partial charge is 0.271 e. The van der Waals surface area contributed by atoms with E-state index in [2.05, 4.69) is 5.29 Å². The number of nitro benzene ring substituents is 1. The Balaban J connectivity index is 2.42. The summed E-state index contributed by atoms with van der Waals surface area (Å²) in [6.07, 6.45) is 0.